The highest BCUT2D eigenvalue weighted by molar-refractivity contribution is 5.60. The fourth-order valence-electron chi connectivity index (χ4n) is 1.64. The van der Waals surface area contributed by atoms with Crippen LogP contribution in [0.2, 0.25) is 0 Å². The van der Waals surface area contributed by atoms with E-state index in [-0.39, 0.29) is 5.56 Å². The summed E-state index contributed by atoms with van der Waals surface area (Å²) in [5.41, 5.74) is 1.87. The summed E-state index contributed by atoms with van der Waals surface area (Å²) in [4.78, 5) is 11.5. The van der Waals surface area contributed by atoms with Gasteiger partial charge in [0.2, 0.25) is 0 Å². The smallest absolute Gasteiger partial charge is 0.250 e. The Morgan fingerprint density at radius 2 is 2.18 bits per heavy atom. The first kappa shape index (κ1) is 11.5. The summed E-state index contributed by atoms with van der Waals surface area (Å²) < 4.78 is 3.45. The standard InChI is InChI=1S/C13H16N3O/c1-3-6-16-8-5-12(10-14-16)11-4-7-15(2)13(17)9-11/h4-5,7-10H,3,6H2,1-2H3/q+1. The zero-order valence-electron chi connectivity index (χ0n) is 10.1. The van der Waals surface area contributed by atoms with Gasteiger partial charge in [0, 0.05) is 37.4 Å². The zero-order valence-corrected chi connectivity index (χ0v) is 10.1. The normalized spacial score (nSPS) is 10.5. The van der Waals surface area contributed by atoms with Gasteiger partial charge in [0.15, 0.2) is 12.7 Å². The summed E-state index contributed by atoms with van der Waals surface area (Å²) in [7, 11) is 1.74. The summed E-state index contributed by atoms with van der Waals surface area (Å²) >= 11 is 0. The van der Waals surface area contributed by atoms with Crippen LogP contribution in [0.5, 0.6) is 0 Å². The minimum Gasteiger partial charge on any atom is -0.319 e. The summed E-state index contributed by atoms with van der Waals surface area (Å²) in [5, 5.41) is 4.30. The lowest BCUT2D eigenvalue weighted by atomic mass is 10.1. The third-order valence-electron chi connectivity index (χ3n) is 2.66. The van der Waals surface area contributed by atoms with Gasteiger partial charge in [-0.05, 0) is 16.7 Å². The highest BCUT2D eigenvalue weighted by Gasteiger charge is 2.04. The minimum atomic E-state index is -0.00668. The van der Waals surface area contributed by atoms with Crippen molar-refractivity contribution in [3.63, 3.8) is 0 Å². The first-order valence-electron chi connectivity index (χ1n) is 5.73. The first-order chi connectivity index (χ1) is 8.20. The molecule has 0 atom stereocenters. The highest BCUT2D eigenvalue weighted by atomic mass is 16.1. The van der Waals surface area contributed by atoms with Gasteiger partial charge in [-0.2, -0.15) is 0 Å². The zero-order chi connectivity index (χ0) is 12.3. The second-order valence-electron chi connectivity index (χ2n) is 4.04. The Morgan fingerprint density at radius 1 is 1.35 bits per heavy atom. The van der Waals surface area contributed by atoms with Crippen molar-refractivity contribution in [1.29, 1.82) is 0 Å². The van der Waals surface area contributed by atoms with Gasteiger partial charge >= 0.3 is 0 Å². The molecule has 0 aliphatic rings. The average molecular weight is 230 g/mol. The summed E-state index contributed by atoms with van der Waals surface area (Å²) in [6, 6.07) is 5.53. The Bertz CT molecular complexity index is 558. The molecule has 0 N–H and O–H groups in total. The number of aryl methyl sites for hydroxylation is 2. The molecule has 0 saturated heterocycles. The van der Waals surface area contributed by atoms with Crippen LogP contribution >= 0.6 is 0 Å². The van der Waals surface area contributed by atoms with Crippen molar-refractivity contribution in [2.75, 3.05) is 0 Å². The van der Waals surface area contributed by atoms with E-state index >= 15 is 0 Å². The van der Waals surface area contributed by atoms with E-state index in [1.165, 1.54) is 0 Å². The monoisotopic (exact) mass is 230 g/mol. The number of rotatable bonds is 3. The molecule has 2 aromatic rings. The van der Waals surface area contributed by atoms with Crippen molar-refractivity contribution in [3.8, 4) is 11.1 Å². The maximum atomic E-state index is 11.5. The first-order valence-corrected chi connectivity index (χ1v) is 5.73. The Balaban J connectivity index is 2.33. The van der Waals surface area contributed by atoms with Crippen LogP contribution in [-0.2, 0) is 13.6 Å². The SMILES string of the molecule is CCC[n+]1ccc(-c2ccn(C)c(=O)c2)cn1. The second kappa shape index (κ2) is 4.91. The van der Waals surface area contributed by atoms with E-state index in [1.807, 2.05) is 23.0 Å². The van der Waals surface area contributed by atoms with E-state index in [1.54, 1.807) is 30.1 Å². The summed E-state index contributed by atoms with van der Waals surface area (Å²) in [6.45, 7) is 3.03. The maximum absolute atomic E-state index is 11.5. The molecular formula is C13H16N3O+. The molecule has 0 radical (unpaired) electrons. The fourth-order valence-corrected chi connectivity index (χ4v) is 1.64. The van der Waals surface area contributed by atoms with Crippen LogP contribution in [0.25, 0.3) is 11.1 Å². The van der Waals surface area contributed by atoms with Crippen molar-refractivity contribution in [2.45, 2.75) is 19.9 Å². The van der Waals surface area contributed by atoms with Crippen molar-refractivity contribution >= 4 is 0 Å². The molecule has 0 amide bonds. The molecule has 0 bridgehead atoms. The van der Waals surface area contributed by atoms with Crippen LogP contribution in [0, 0.1) is 0 Å². The quantitative estimate of drug-likeness (QED) is 0.742. The molecule has 17 heavy (non-hydrogen) atoms. The van der Waals surface area contributed by atoms with Crippen molar-refractivity contribution in [3.05, 3.63) is 47.1 Å². The van der Waals surface area contributed by atoms with Gasteiger partial charge in [-0.15, -0.1) is 0 Å². The molecular weight excluding hydrogens is 214 g/mol. The molecule has 0 aliphatic heterocycles. The number of hydrogen-bond acceptors (Lipinski definition) is 2. The Hall–Kier alpha value is -1.97. The predicted molar refractivity (Wildman–Crippen MR) is 65.4 cm³/mol. The lowest BCUT2D eigenvalue weighted by Gasteiger charge is -2.01. The third kappa shape index (κ3) is 2.58. The molecule has 88 valence electrons. The number of hydrogen-bond donors (Lipinski definition) is 0. The van der Waals surface area contributed by atoms with Gasteiger partial charge in [0.05, 0.1) is 0 Å². The molecule has 4 nitrogen and oxygen atoms in total. The largest absolute Gasteiger partial charge is 0.319 e. The van der Waals surface area contributed by atoms with Crippen LogP contribution < -0.4 is 10.2 Å². The molecule has 0 aliphatic carbocycles. The molecule has 0 saturated carbocycles. The van der Waals surface area contributed by atoms with Gasteiger partial charge < -0.3 is 4.57 Å². The van der Waals surface area contributed by atoms with E-state index < -0.39 is 0 Å². The van der Waals surface area contributed by atoms with E-state index in [4.69, 9.17) is 0 Å². The van der Waals surface area contributed by atoms with E-state index in [9.17, 15) is 4.79 Å². The van der Waals surface area contributed by atoms with Crippen LogP contribution in [0.15, 0.2) is 41.6 Å². The number of nitrogens with zero attached hydrogens (tertiary/aromatic N) is 3. The number of pyridine rings is 1. The predicted octanol–water partition coefficient (Wildman–Crippen LogP) is 1.14. The Morgan fingerprint density at radius 3 is 2.76 bits per heavy atom. The van der Waals surface area contributed by atoms with Crippen molar-refractivity contribution in [2.24, 2.45) is 7.05 Å². The molecule has 4 heteroatoms. The van der Waals surface area contributed by atoms with Crippen LogP contribution in [0.3, 0.4) is 0 Å². The van der Waals surface area contributed by atoms with Crippen LogP contribution in [0.4, 0.5) is 0 Å². The lowest BCUT2D eigenvalue weighted by Crippen LogP contribution is -2.36. The van der Waals surface area contributed by atoms with Crippen LogP contribution in [0.1, 0.15) is 13.3 Å². The second-order valence-corrected chi connectivity index (χ2v) is 4.04. The summed E-state index contributed by atoms with van der Waals surface area (Å²) in [6.07, 6.45) is 6.56. The van der Waals surface area contributed by atoms with E-state index in [0.29, 0.717) is 0 Å². The molecule has 2 rings (SSSR count). The maximum Gasteiger partial charge on any atom is 0.250 e. The van der Waals surface area contributed by atoms with Gasteiger partial charge in [-0.1, -0.05) is 11.6 Å². The fraction of sp³-hybridized carbons (Fsp3) is 0.308. The van der Waals surface area contributed by atoms with Gasteiger partial charge in [-0.25, -0.2) is 0 Å². The van der Waals surface area contributed by atoms with Gasteiger partial charge in [-0.3, -0.25) is 4.79 Å². The van der Waals surface area contributed by atoms with E-state index in [0.717, 1.165) is 24.1 Å². The Labute approximate surface area is 100 Å². The van der Waals surface area contributed by atoms with Gasteiger partial charge in [0.25, 0.3) is 5.56 Å². The van der Waals surface area contributed by atoms with E-state index in [2.05, 4.69) is 12.0 Å². The van der Waals surface area contributed by atoms with Crippen molar-refractivity contribution < 1.29 is 4.68 Å². The van der Waals surface area contributed by atoms with Crippen LogP contribution in [-0.4, -0.2) is 9.67 Å². The third-order valence-corrected chi connectivity index (χ3v) is 2.66. The summed E-state index contributed by atoms with van der Waals surface area (Å²) in [5.74, 6) is 0. The Kier molecular flexibility index (Phi) is 3.32. The topological polar surface area (TPSA) is 38.8 Å². The molecule has 2 aromatic heterocycles. The molecule has 0 unspecified atom stereocenters. The highest BCUT2D eigenvalue weighted by Crippen LogP contribution is 2.13. The van der Waals surface area contributed by atoms with Crippen molar-refractivity contribution in [1.82, 2.24) is 9.67 Å². The molecule has 0 spiro atoms. The number of aromatic nitrogens is 3. The minimum absolute atomic E-state index is 0.00668. The molecule has 2 heterocycles. The van der Waals surface area contributed by atoms with Gasteiger partial charge in [0.1, 0.15) is 6.20 Å². The average Bonchev–Trinajstić information content (AvgIpc) is 2.34. The lowest BCUT2D eigenvalue weighted by molar-refractivity contribution is -0.753. The molecule has 0 fully saturated rings. The molecule has 0 aromatic carbocycles.